The number of carbonyl (C=O) groups excluding carboxylic acids is 1. The van der Waals surface area contributed by atoms with Gasteiger partial charge in [0.15, 0.2) is 0 Å². The Hall–Kier alpha value is -2.90. The minimum Gasteiger partial charge on any atom is -0.377 e. The Morgan fingerprint density at radius 1 is 0.857 bits per heavy atom. The summed E-state index contributed by atoms with van der Waals surface area (Å²) >= 11 is 0. The fourth-order valence-corrected chi connectivity index (χ4v) is 4.27. The van der Waals surface area contributed by atoms with Crippen LogP contribution in [0.4, 0.5) is 5.69 Å². The fourth-order valence-electron chi connectivity index (χ4n) is 3.02. The number of amides is 1. The summed E-state index contributed by atoms with van der Waals surface area (Å²) in [5.41, 5.74) is 1.49. The maximum absolute atomic E-state index is 12.8. The van der Waals surface area contributed by atoms with Gasteiger partial charge in [-0.15, -0.1) is 0 Å². The highest BCUT2D eigenvalue weighted by molar-refractivity contribution is 7.89. The highest BCUT2D eigenvalue weighted by atomic mass is 32.2. The summed E-state index contributed by atoms with van der Waals surface area (Å²) in [4.78, 5) is 14.2. The maximum atomic E-state index is 12.8. The Morgan fingerprint density at radius 3 is 2.25 bits per heavy atom. The zero-order chi connectivity index (χ0) is 20.1. The van der Waals surface area contributed by atoms with Gasteiger partial charge >= 0.3 is 0 Å². The molecule has 0 aliphatic rings. The first-order chi connectivity index (χ1) is 13.4. The van der Waals surface area contributed by atoms with E-state index in [-0.39, 0.29) is 23.9 Å². The Kier molecular flexibility index (Phi) is 5.96. The van der Waals surface area contributed by atoms with E-state index in [0.717, 1.165) is 11.1 Å². The van der Waals surface area contributed by atoms with Gasteiger partial charge in [-0.1, -0.05) is 42.5 Å². The molecule has 0 aromatic heterocycles. The standard InChI is InChI=1S/C21H23N3O3S/c1-24(2)19-12-6-11-18-17(19)10-7-13-20(18)28(26,27)23-15-14-22-21(25)16-8-4-3-5-9-16/h3-13,23H,14-15H2,1-2H3,(H,22,25). The van der Waals surface area contributed by atoms with Crippen LogP contribution in [0.2, 0.25) is 0 Å². The number of benzene rings is 3. The monoisotopic (exact) mass is 397 g/mol. The van der Waals surface area contributed by atoms with Gasteiger partial charge in [0.1, 0.15) is 0 Å². The molecule has 3 rings (SSSR count). The van der Waals surface area contributed by atoms with Crippen molar-refractivity contribution in [1.29, 1.82) is 0 Å². The second-order valence-electron chi connectivity index (χ2n) is 6.54. The van der Waals surface area contributed by atoms with E-state index in [0.29, 0.717) is 10.9 Å². The molecule has 0 unspecified atom stereocenters. The van der Waals surface area contributed by atoms with Gasteiger partial charge in [0.05, 0.1) is 4.90 Å². The number of anilines is 1. The molecule has 0 saturated heterocycles. The Morgan fingerprint density at radius 2 is 1.54 bits per heavy atom. The number of rotatable bonds is 7. The van der Waals surface area contributed by atoms with Crippen molar-refractivity contribution in [2.24, 2.45) is 0 Å². The first-order valence-corrected chi connectivity index (χ1v) is 10.4. The lowest BCUT2D eigenvalue weighted by molar-refractivity contribution is 0.0954. The number of carbonyl (C=O) groups is 1. The van der Waals surface area contributed by atoms with Crippen LogP contribution in [0, 0.1) is 0 Å². The molecule has 0 saturated carbocycles. The number of hydrogen-bond donors (Lipinski definition) is 2. The number of sulfonamides is 1. The summed E-state index contributed by atoms with van der Waals surface area (Å²) in [6, 6.07) is 19.6. The average molecular weight is 398 g/mol. The topological polar surface area (TPSA) is 78.5 Å². The van der Waals surface area contributed by atoms with Crippen molar-refractivity contribution < 1.29 is 13.2 Å². The number of fused-ring (bicyclic) bond motifs is 1. The van der Waals surface area contributed by atoms with Gasteiger partial charge in [-0.05, 0) is 24.3 Å². The third kappa shape index (κ3) is 4.32. The molecule has 0 aliphatic carbocycles. The highest BCUT2D eigenvalue weighted by Gasteiger charge is 2.18. The van der Waals surface area contributed by atoms with Gasteiger partial charge < -0.3 is 10.2 Å². The highest BCUT2D eigenvalue weighted by Crippen LogP contribution is 2.29. The van der Waals surface area contributed by atoms with E-state index in [1.165, 1.54) is 0 Å². The molecule has 6 nitrogen and oxygen atoms in total. The maximum Gasteiger partial charge on any atom is 0.251 e. The first-order valence-electron chi connectivity index (χ1n) is 8.92. The van der Waals surface area contributed by atoms with Crippen LogP contribution in [-0.4, -0.2) is 41.5 Å². The molecule has 3 aromatic rings. The smallest absolute Gasteiger partial charge is 0.251 e. The molecule has 0 aliphatic heterocycles. The Labute approximate surface area is 165 Å². The lowest BCUT2D eigenvalue weighted by atomic mass is 10.1. The Balaban J connectivity index is 1.71. The number of nitrogens with one attached hydrogen (secondary N) is 2. The summed E-state index contributed by atoms with van der Waals surface area (Å²) in [5.74, 6) is -0.236. The fraction of sp³-hybridized carbons (Fsp3) is 0.190. The van der Waals surface area contributed by atoms with Crippen LogP contribution in [-0.2, 0) is 10.0 Å². The van der Waals surface area contributed by atoms with Gasteiger partial charge in [-0.25, -0.2) is 13.1 Å². The zero-order valence-electron chi connectivity index (χ0n) is 15.8. The van der Waals surface area contributed by atoms with Crippen molar-refractivity contribution >= 4 is 32.4 Å². The summed E-state index contributed by atoms with van der Waals surface area (Å²) in [6.07, 6.45) is 0. The van der Waals surface area contributed by atoms with Crippen molar-refractivity contribution in [2.75, 3.05) is 32.1 Å². The SMILES string of the molecule is CN(C)c1cccc2c(S(=O)(=O)NCCNC(=O)c3ccccc3)cccc12. The number of hydrogen-bond acceptors (Lipinski definition) is 4. The molecule has 0 bridgehead atoms. The second-order valence-corrected chi connectivity index (χ2v) is 8.28. The minimum absolute atomic E-state index is 0.102. The lowest BCUT2D eigenvalue weighted by Gasteiger charge is -2.17. The van der Waals surface area contributed by atoms with E-state index in [9.17, 15) is 13.2 Å². The van der Waals surface area contributed by atoms with Crippen LogP contribution in [0.3, 0.4) is 0 Å². The first kappa shape index (κ1) is 19.9. The normalized spacial score (nSPS) is 11.4. The van der Waals surface area contributed by atoms with Crippen molar-refractivity contribution in [3.05, 3.63) is 72.3 Å². The molecule has 2 N–H and O–H groups in total. The van der Waals surface area contributed by atoms with Gasteiger partial charge in [-0.3, -0.25) is 4.79 Å². The molecule has 7 heteroatoms. The van der Waals surface area contributed by atoms with Gasteiger partial charge in [0.2, 0.25) is 10.0 Å². The van der Waals surface area contributed by atoms with Crippen LogP contribution in [0.15, 0.2) is 71.6 Å². The van der Waals surface area contributed by atoms with Crippen LogP contribution >= 0.6 is 0 Å². The molecule has 1 amide bonds. The summed E-state index contributed by atoms with van der Waals surface area (Å²) in [5, 5.41) is 4.24. The molecule has 0 radical (unpaired) electrons. The predicted octanol–water partition coefficient (Wildman–Crippen LogP) is 2.61. The van der Waals surface area contributed by atoms with Crippen LogP contribution in [0.1, 0.15) is 10.4 Å². The van der Waals surface area contributed by atoms with Crippen molar-refractivity contribution in [1.82, 2.24) is 10.0 Å². The third-order valence-electron chi connectivity index (χ3n) is 4.37. The van der Waals surface area contributed by atoms with Crippen LogP contribution < -0.4 is 14.9 Å². The summed E-state index contributed by atoms with van der Waals surface area (Å²) in [6.45, 7) is 0.297. The van der Waals surface area contributed by atoms with Crippen molar-refractivity contribution in [2.45, 2.75) is 4.90 Å². The van der Waals surface area contributed by atoms with Crippen molar-refractivity contribution in [3.63, 3.8) is 0 Å². The average Bonchev–Trinajstić information content (AvgIpc) is 2.70. The molecular formula is C21H23N3O3S. The van der Waals surface area contributed by atoms with Crippen LogP contribution in [0.5, 0.6) is 0 Å². The minimum atomic E-state index is -3.71. The summed E-state index contributed by atoms with van der Waals surface area (Å²) < 4.78 is 28.2. The van der Waals surface area contributed by atoms with E-state index in [4.69, 9.17) is 0 Å². The van der Waals surface area contributed by atoms with Gasteiger partial charge in [0, 0.05) is 49.2 Å². The molecule has 3 aromatic carbocycles. The quantitative estimate of drug-likeness (QED) is 0.601. The molecule has 0 atom stereocenters. The Bertz CT molecular complexity index is 1080. The van der Waals surface area contributed by atoms with Crippen LogP contribution in [0.25, 0.3) is 10.8 Å². The van der Waals surface area contributed by atoms with Gasteiger partial charge in [0.25, 0.3) is 5.91 Å². The zero-order valence-corrected chi connectivity index (χ0v) is 16.7. The number of nitrogens with zero attached hydrogens (tertiary/aromatic N) is 1. The van der Waals surface area contributed by atoms with E-state index in [1.54, 1.807) is 42.5 Å². The predicted molar refractivity (Wildman–Crippen MR) is 112 cm³/mol. The molecule has 146 valence electrons. The van der Waals surface area contributed by atoms with Crippen molar-refractivity contribution in [3.8, 4) is 0 Å². The molecule has 28 heavy (non-hydrogen) atoms. The summed E-state index contributed by atoms with van der Waals surface area (Å²) in [7, 11) is 0.129. The lowest BCUT2D eigenvalue weighted by Crippen LogP contribution is -2.34. The molecule has 0 spiro atoms. The second kappa shape index (κ2) is 8.41. The molecule has 0 fully saturated rings. The largest absolute Gasteiger partial charge is 0.377 e. The molecule has 0 heterocycles. The van der Waals surface area contributed by atoms with E-state index in [2.05, 4.69) is 10.0 Å². The molecular weight excluding hydrogens is 374 g/mol. The third-order valence-corrected chi connectivity index (χ3v) is 5.89. The van der Waals surface area contributed by atoms with E-state index in [1.807, 2.05) is 43.3 Å². The van der Waals surface area contributed by atoms with E-state index < -0.39 is 10.0 Å². The van der Waals surface area contributed by atoms with Gasteiger partial charge in [-0.2, -0.15) is 0 Å². The van der Waals surface area contributed by atoms with E-state index >= 15 is 0 Å².